The smallest absolute Gasteiger partial charge is 0.293 e. The molecule has 0 unspecified atom stereocenters. The van der Waals surface area contributed by atoms with E-state index in [0.29, 0.717) is 51.5 Å². The fourth-order valence-electron chi connectivity index (χ4n) is 3.59. The fourth-order valence-corrected chi connectivity index (χ4v) is 4.63. The summed E-state index contributed by atoms with van der Waals surface area (Å²) in [5.41, 5.74) is 1.29. The fraction of sp³-hybridized carbons (Fsp3) is 0.154. The first-order valence-corrected chi connectivity index (χ1v) is 12.0. The van der Waals surface area contributed by atoms with E-state index in [9.17, 15) is 9.59 Å². The van der Waals surface area contributed by atoms with Crippen molar-refractivity contribution in [3.8, 4) is 23.0 Å². The maximum atomic E-state index is 13.1. The second-order valence-corrected chi connectivity index (χ2v) is 9.01. The minimum Gasteiger partial charge on any atom is -0.490 e. The van der Waals surface area contributed by atoms with Crippen LogP contribution in [0.2, 0.25) is 5.02 Å². The quantitative estimate of drug-likeness (QED) is 0.282. The Morgan fingerprint density at radius 3 is 2.49 bits per heavy atom. The lowest BCUT2D eigenvalue weighted by molar-refractivity contribution is -0.123. The molecule has 7 nitrogen and oxygen atoms in total. The largest absolute Gasteiger partial charge is 0.490 e. The third-order valence-corrected chi connectivity index (χ3v) is 6.56. The summed E-state index contributed by atoms with van der Waals surface area (Å²) in [6, 6.07) is 20.1. The highest BCUT2D eigenvalue weighted by molar-refractivity contribution is 8.18. The van der Waals surface area contributed by atoms with Gasteiger partial charge in [0.05, 0.1) is 11.4 Å². The molecular weight excluding hydrogens is 490 g/mol. The number of benzene rings is 3. The second kappa shape index (κ2) is 10.3. The van der Waals surface area contributed by atoms with Crippen LogP contribution < -0.4 is 18.9 Å². The van der Waals surface area contributed by atoms with Crippen LogP contribution in [0.1, 0.15) is 11.1 Å². The number of carbonyl (C=O) groups excluding carboxylic acids is 2. The average molecular weight is 510 g/mol. The SMILES string of the molecule is O=C1S/C(=C/c2ccccc2OCCOc2ccccc2)C(=O)N1Cc1cc2c(cc1Cl)OCO2. The molecule has 0 atom stereocenters. The molecule has 0 N–H and O–H groups in total. The summed E-state index contributed by atoms with van der Waals surface area (Å²) in [5, 5.41) is 0.0263. The molecule has 0 spiro atoms. The number of imide groups is 1. The summed E-state index contributed by atoms with van der Waals surface area (Å²) in [5.74, 6) is 2.04. The van der Waals surface area contributed by atoms with Gasteiger partial charge in [-0.25, -0.2) is 0 Å². The van der Waals surface area contributed by atoms with Crippen LogP contribution in [-0.4, -0.2) is 36.1 Å². The number of ether oxygens (including phenoxy) is 4. The van der Waals surface area contributed by atoms with Gasteiger partial charge in [-0.15, -0.1) is 0 Å². The van der Waals surface area contributed by atoms with Crippen LogP contribution in [-0.2, 0) is 11.3 Å². The van der Waals surface area contributed by atoms with Crippen molar-refractivity contribution < 1.29 is 28.5 Å². The van der Waals surface area contributed by atoms with Gasteiger partial charge in [-0.05, 0) is 47.7 Å². The van der Waals surface area contributed by atoms with Crippen LogP contribution in [0, 0.1) is 0 Å². The predicted molar refractivity (Wildman–Crippen MR) is 133 cm³/mol. The molecular formula is C26H20ClNO6S. The third-order valence-electron chi connectivity index (χ3n) is 5.30. The van der Waals surface area contributed by atoms with Crippen LogP contribution >= 0.6 is 23.4 Å². The molecule has 35 heavy (non-hydrogen) atoms. The summed E-state index contributed by atoms with van der Waals surface area (Å²) in [6.07, 6.45) is 1.67. The highest BCUT2D eigenvalue weighted by Crippen LogP contribution is 2.39. The van der Waals surface area contributed by atoms with E-state index in [4.69, 9.17) is 30.5 Å². The number of carbonyl (C=O) groups is 2. The molecule has 3 aromatic carbocycles. The van der Waals surface area contributed by atoms with E-state index in [1.165, 1.54) is 0 Å². The summed E-state index contributed by atoms with van der Waals surface area (Å²) in [6.45, 7) is 0.834. The molecule has 0 bridgehead atoms. The molecule has 2 aliphatic rings. The van der Waals surface area contributed by atoms with Crippen molar-refractivity contribution in [2.75, 3.05) is 20.0 Å². The maximum absolute atomic E-state index is 13.1. The van der Waals surface area contributed by atoms with Gasteiger partial charge in [0.25, 0.3) is 11.1 Å². The topological polar surface area (TPSA) is 74.3 Å². The Bertz CT molecular complexity index is 1300. The molecule has 2 heterocycles. The first kappa shape index (κ1) is 23.1. The van der Waals surface area contributed by atoms with Gasteiger partial charge in [0, 0.05) is 16.7 Å². The maximum Gasteiger partial charge on any atom is 0.293 e. The Morgan fingerprint density at radius 2 is 1.66 bits per heavy atom. The number of amides is 2. The van der Waals surface area contributed by atoms with Gasteiger partial charge in [-0.3, -0.25) is 14.5 Å². The van der Waals surface area contributed by atoms with Gasteiger partial charge in [0.15, 0.2) is 11.5 Å². The zero-order valence-corrected chi connectivity index (χ0v) is 20.0. The number of rotatable bonds is 8. The van der Waals surface area contributed by atoms with E-state index in [1.807, 2.05) is 54.6 Å². The number of halogens is 1. The molecule has 9 heteroatoms. The molecule has 0 aromatic heterocycles. The number of thioether (sulfide) groups is 1. The Balaban J connectivity index is 1.26. The molecule has 1 fully saturated rings. The first-order chi connectivity index (χ1) is 17.1. The van der Waals surface area contributed by atoms with E-state index in [-0.39, 0.29) is 18.6 Å². The Kier molecular flexibility index (Phi) is 6.83. The number of nitrogens with zero attached hydrogens (tertiary/aromatic N) is 1. The molecule has 5 rings (SSSR count). The first-order valence-electron chi connectivity index (χ1n) is 10.8. The minimum atomic E-state index is -0.393. The van der Waals surface area contributed by atoms with Gasteiger partial charge >= 0.3 is 0 Å². The minimum absolute atomic E-state index is 0.0342. The van der Waals surface area contributed by atoms with Crippen molar-refractivity contribution in [2.24, 2.45) is 0 Å². The molecule has 2 aliphatic heterocycles. The van der Waals surface area contributed by atoms with Crippen molar-refractivity contribution in [2.45, 2.75) is 6.54 Å². The van der Waals surface area contributed by atoms with Crippen LogP contribution in [0.4, 0.5) is 4.79 Å². The van der Waals surface area contributed by atoms with Gasteiger partial charge in [0.2, 0.25) is 6.79 Å². The van der Waals surface area contributed by atoms with E-state index in [0.717, 1.165) is 22.4 Å². The number of hydrogen-bond acceptors (Lipinski definition) is 7. The third kappa shape index (κ3) is 5.23. The summed E-state index contributed by atoms with van der Waals surface area (Å²) >= 11 is 7.22. The van der Waals surface area contributed by atoms with Crippen molar-refractivity contribution >= 4 is 40.6 Å². The van der Waals surface area contributed by atoms with E-state index >= 15 is 0 Å². The number of fused-ring (bicyclic) bond motifs is 1. The van der Waals surface area contributed by atoms with Gasteiger partial charge in [-0.1, -0.05) is 48.0 Å². The van der Waals surface area contributed by atoms with Crippen molar-refractivity contribution in [1.29, 1.82) is 0 Å². The second-order valence-electron chi connectivity index (χ2n) is 7.61. The lowest BCUT2D eigenvalue weighted by Gasteiger charge is -2.14. The number of hydrogen-bond donors (Lipinski definition) is 0. The van der Waals surface area contributed by atoms with E-state index in [1.54, 1.807) is 18.2 Å². The normalized spacial score (nSPS) is 15.7. The van der Waals surface area contributed by atoms with Gasteiger partial charge < -0.3 is 18.9 Å². The zero-order valence-electron chi connectivity index (χ0n) is 18.4. The van der Waals surface area contributed by atoms with Gasteiger partial charge in [-0.2, -0.15) is 0 Å². The summed E-state index contributed by atoms with van der Waals surface area (Å²) < 4.78 is 22.2. The van der Waals surface area contributed by atoms with Crippen LogP contribution in [0.25, 0.3) is 6.08 Å². The van der Waals surface area contributed by atoms with E-state index in [2.05, 4.69) is 0 Å². The van der Waals surface area contributed by atoms with Crippen molar-refractivity contribution in [1.82, 2.24) is 4.90 Å². The monoisotopic (exact) mass is 509 g/mol. The van der Waals surface area contributed by atoms with Crippen LogP contribution in [0.15, 0.2) is 71.6 Å². The lowest BCUT2D eigenvalue weighted by atomic mass is 10.1. The highest BCUT2D eigenvalue weighted by atomic mass is 35.5. The number of para-hydroxylation sites is 2. The molecule has 2 amide bonds. The van der Waals surface area contributed by atoms with Crippen molar-refractivity contribution in [3.05, 3.63) is 87.8 Å². The summed E-state index contributed by atoms with van der Waals surface area (Å²) in [7, 11) is 0. The lowest BCUT2D eigenvalue weighted by Crippen LogP contribution is -2.27. The molecule has 1 saturated heterocycles. The van der Waals surface area contributed by atoms with Crippen LogP contribution in [0.3, 0.4) is 0 Å². The average Bonchev–Trinajstić information content (AvgIpc) is 3.42. The highest BCUT2D eigenvalue weighted by Gasteiger charge is 2.36. The van der Waals surface area contributed by atoms with Gasteiger partial charge in [0.1, 0.15) is 24.7 Å². The van der Waals surface area contributed by atoms with Crippen LogP contribution in [0.5, 0.6) is 23.0 Å². The van der Waals surface area contributed by atoms with E-state index < -0.39 is 5.91 Å². The standard InChI is InChI=1S/C26H20ClNO6S/c27-20-14-23-22(33-16-34-23)12-18(20)15-28-25(29)24(35-26(28)30)13-17-6-4-5-9-21(17)32-11-10-31-19-7-2-1-3-8-19/h1-9,12-14H,10-11,15-16H2/b24-13+. The zero-order chi connectivity index (χ0) is 24.2. The molecule has 0 radical (unpaired) electrons. The Hall–Kier alpha value is -3.62. The molecule has 178 valence electrons. The summed E-state index contributed by atoms with van der Waals surface area (Å²) in [4.78, 5) is 27.2. The Morgan fingerprint density at radius 1 is 0.943 bits per heavy atom. The molecule has 0 aliphatic carbocycles. The molecule has 3 aromatic rings. The van der Waals surface area contributed by atoms with Crippen molar-refractivity contribution in [3.63, 3.8) is 0 Å². The Labute approximate surface area is 211 Å². The predicted octanol–water partition coefficient (Wildman–Crippen LogP) is 5.76. The molecule has 0 saturated carbocycles.